The van der Waals surface area contributed by atoms with Crippen molar-refractivity contribution in [3.63, 3.8) is 0 Å². The molecule has 16 heavy (non-hydrogen) atoms. The molecule has 0 fully saturated rings. The van der Waals surface area contributed by atoms with Crippen molar-refractivity contribution in [2.45, 2.75) is 19.3 Å². The van der Waals surface area contributed by atoms with E-state index in [9.17, 15) is 4.79 Å². The second-order valence-electron chi connectivity index (χ2n) is 3.26. The molecule has 5 nitrogen and oxygen atoms in total. The lowest BCUT2D eigenvalue weighted by Crippen LogP contribution is -2.06. The van der Waals surface area contributed by atoms with Gasteiger partial charge in [0.25, 0.3) is 0 Å². The summed E-state index contributed by atoms with van der Waals surface area (Å²) in [5.74, 6) is -0.481. The van der Waals surface area contributed by atoms with Gasteiger partial charge in [0.15, 0.2) is 5.69 Å². The first-order valence-corrected chi connectivity index (χ1v) is 5.05. The minimum absolute atomic E-state index is 0.0297. The van der Waals surface area contributed by atoms with E-state index in [0.29, 0.717) is 18.8 Å². The van der Waals surface area contributed by atoms with Crippen LogP contribution in [0.3, 0.4) is 0 Å². The Labute approximate surface area is 93.7 Å². The Balaban J connectivity index is 2.39. The van der Waals surface area contributed by atoms with Gasteiger partial charge < -0.3 is 10.4 Å². The molecule has 84 valence electrons. The van der Waals surface area contributed by atoms with Gasteiger partial charge in [-0.05, 0) is 25.0 Å². The average molecular weight is 219 g/mol. The summed E-state index contributed by atoms with van der Waals surface area (Å²) in [4.78, 5) is 14.6. The molecule has 0 aliphatic rings. The van der Waals surface area contributed by atoms with Gasteiger partial charge in [0.2, 0.25) is 0 Å². The lowest BCUT2D eigenvalue weighted by atomic mass is 10.2. The number of unbranched alkanes of at least 4 members (excludes halogenated alkanes) is 2. The standard InChI is InChI=1S/C11H13N3O2/c12-7-2-1-3-8-13-10-6-4-5-9(14-10)11(15)16/h4-6H,1-3,8H2,(H,13,14)(H,15,16). The fourth-order valence-corrected chi connectivity index (χ4v) is 1.20. The van der Waals surface area contributed by atoms with Crippen molar-refractivity contribution < 1.29 is 9.90 Å². The maximum absolute atomic E-state index is 10.6. The smallest absolute Gasteiger partial charge is 0.354 e. The van der Waals surface area contributed by atoms with Gasteiger partial charge in [0, 0.05) is 13.0 Å². The SMILES string of the molecule is N#CCCCCNc1cccc(C(=O)O)n1. The van der Waals surface area contributed by atoms with Crippen molar-refractivity contribution in [1.82, 2.24) is 4.98 Å². The highest BCUT2D eigenvalue weighted by Gasteiger charge is 2.04. The summed E-state index contributed by atoms with van der Waals surface area (Å²) in [7, 11) is 0. The molecular formula is C11H13N3O2. The van der Waals surface area contributed by atoms with Gasteiger partial charge in [-0.2, -0.15) is 5.26 Å². The topological polar surface area (TPSA) is 86.0 Å². The molecule has 1 aromatic rings. The van der Waals surface area contributed by atoms with Crippen LogP contribution in [0.15, 0.2) is 18.2 Å². The zero-order chi connectivity index (χ0) is 11.8. The molecule has 0 radical (unpaired) electrons. The van der Waals surface area contributed by atoms with Crippen LogP contribution in [0.1, 0.15) is 29.8 Å². The number of carbonyl (C=O) groups is 1. The lowest BCUT2D eigenvalue weighted by Gasteiger charge is -2.04. The van der Waals surface area contributed by atoms with Gasteiger partial charge in [-0.15, -0.1) is 0 Å². The summed E-state index contributed by atoms with van der Waals surface area (Å²) in [5, 5.41) is 20.1. The molecular weight excluding hydrogens is 206 g/mol. The van der Waals surface area contributed by atoms with E-state index in [1.54, 1.807) is 12.1 Å². The molecule has 1 aromatic heterocycles. The number of carboxylic acid groups (broad SMARTS) is 1. The van der Waals surface area contributed by atoms with Crippen molar-refractivity contribution in [3.05, 3.63) is 23.9 Å². The Bertz CT molecular complexity index is 398. The Hall–Kier alpha value is -2.09. The van der Waals surface area contributed by atoms with E-state index in [4.69, 9.17) is 10.4 Å². The number of anilines is 1. The van der Waals surface area contributed by atoms with Crippen molar-refractivity contribution >= 4 is 11.8 Å². The summed E-state index contributed by atoms with van der Waals surface area (Å²) < 4.78 is 0. The number of pyridine rings is 1. The van der Waals surface area contributed by atoms with E-state index in [1.165, 1.54) is 6.07 Å². The van der Waals surface area contributed by atoms with Crippen LogP contribution in [-0.4, -0.2) is 22.6 Å². The van der Waals surface area contributed by atoms with Crippen molar-refractivity contribution in [1.29, 1.82) is 5.26 Å². The molecule has 0 saturated carbocycles. The monoisotopic (exact) mass is 219 g/mol. The van der Waals surface area contributed by atoms with E-state index in [1.807, 2.05) is 0 Å². The fraction of sp³-hybridized carbons (Fsp3) is 0.364. The molecule has 1 rings (SSSR count). The van der Waals surface area contributed by atoms with E-state index in [2.05, 4.69) is 16.4 Å². The molecule has 0 spiro atoms. The number of hydrogen-bond donors (Lipinski definition) is 2. The highest BCUT2D eigenvalue weighted by Crippen LogP contribution is 2.05. The van der Waals surface area contributed by atoms with Crippen molar-refractivity contribution in [2.24, 2.45) is 0 Å². The highest BCUT2D eigenvalue weighted by atomic mass is 16.4. The number of nitrogens with zero attached hydrogens (tertiary/aromatic N) is 2. The zero-order valence-electron chi connectivity index (χ0n) is 8.81. The minimum Gasteiger partial charge on any atom is -0.477 e. The molecule has 0 unspecified atom stereocenters. The molecule has 0 aliphatic heterocycles. The third-order valence-electron chi connectivity index (χ3n) is 1.99. The minimum atomic E-state index is -1.03. The number of nitriles is 1. The number of aromatic nitrogens is 1. The third kappa shape index (κ3) is 3.96. The van der Waals surface area contributed by atoms with Crippen LogP contribution in [0, 0.1) is 11.3 Å². The van der Waals surface area contributed by atoms with Gasteiger partial charge in [-0.1, -0.05) is 6.07 Å². The van der Waals surface area contributed by atoms with Gasteiger partial charge in [-0.3, -0.25) is 0 Å². The van der Waals surface area contributed by atoms with Gasteiger partial charge in [0.1, 0.15) is 5.82 Å². The van der Waals surface area contributed by atoms with Crippen LogP contribution in [0.4, 0.5) is 5.82 Å². The lowest BCUT2D eigenvalue weighted by molar-refractivity contribution is 0.0690. The number of aromatic carboxylic acids is 1. The second-order valence-corrected chi connectivity index (χ2v) is 3.26. The highest BCUT2D eigenvalue weighted by molar-refractivity contribution is 5.85. The van der Waals surface area contributed by atoms with Crippen LogP contribution in [0.2, 0.25) is 0 Å². The summed E-state index contributed by atoms with van der Waals surface area (Å²) in [5.41, 5.74) is 0.0297. The summed E-state index contributed by atoms with van der Waals surface area (Å²) in [6, 6.07) is 6.88. The van der Waals surface area contributed by atoms with E-state index in [0.717, 1.165) is 12.8 Å². The predicted molar refractivity (Wildman–Crippen MR) is 59.2 cm³/mol. The van der Waals surface area contributed by atoms with Crippen molar-refractivity contribution in [3.8, 4) is 6.07 Å². The number of hydrogen-bond acceptors (Lipinski definition) is 4. The molecule has 1 heterocycles. The maximum Gasteiger partial charge on any atom is 0.354 e. The Kier molecular flexibility index (Phi) is 4.80. The van der Waals surface area contributed by atoms with Crippen LogP contribution in [0.25, 0.3) is 0 Å². The van der Waals surface area contributed by atoms with E-state index >= 15 is 0 Å². The first kappa shape index (κ1) is 12.0. The average Bonchev–Trinajstić information content (AvgIpc) is 2.29. The zero-order valence-corrected chi connectivity index (χ0v) is 8.81. The normalized spacial score (nSPS) is 9.44. The summed E-state index contributed by atoms with van der Waals surface area (Å²) in [6.07, 6.45) is 2.25. The van der Waals surface area contributed by atoms with E-state index < -0.39 is 5.97 Å². The molecule has 0 amide bonds. The molecule has 0 aliphatic carbocycles. The first-order valence-electron chi connectivity index (χ1n) is 5.05. The Morgan fingerprint density at radius 2 is 2.31 bits per heavy atom. The Morgan fingerprint density at radius 3 is 3.00 bits per heavy atom. The first-order chi connectivity index (χ1) is 7.74. The molecule has 0 bridgehead atoms. The predicted octanol–water partition coefficient (Wildman–Crippen LogP) is 1.89. The van der Waals surface area contributed by atoms with Gasteiger partial charge in [-0.25, -0.2) is 9.78 Å². The number of rotatable bonds is 6. The van der Waals surface area contributed by atoms with Crippen LogP contribution in [0.5, 0.6) is 0 Å². The number of nitrogens with one attached hydrogen (secondary N) is 1. The fourth-order valence-electron chi connectivity index (χ4n) is 1.20. The molecule has 0 aromatic carbocycles. The quantitative estimate of drug-likeness (QED) is 0.713. The largest absolute Gasteiger partial charge is 0.477 e. The van der Waals surface area contributed by atoms with Crippen LogP contribution >= 0.6 is 0 Å². The Morgan fingerprint density at radius 1 is 1.50 bits per heavy atom. The van der Waals surface area contributed by atoms with Gasteiger partial charge >= 0.3 is 5.97 Å². The molecule has 5 heteroatoms. The van der Waals surface area contributed by atoms with E-state index in [-0.39, 0.29) is 5.69 Å². The molecule has 0 saturated heterocycles. The second kappa shape index (κ2) is 6.40. The molecule has 0 atom stereocenters. The maximum atomic E-state index is 10.6. The van der Waals surface area contributed by atoms with Crippen LogP contribution in [-0.2, 0) is 0 Å². The number of carboxylic acids is 1. The van der Waals surface area contributed by atoms with Gasteiger partial charge in [0.05, 0.1) is 6.07 Å². The summed E-state index contributed by atoms with van der Waals surface area (Å²) in [6.45, 7) is 0.692. The van der Waals surface area contributed by atoms with Crippen LogP contribution < -0.4 is 5.32 Å². The third-order valence-corrected chi connectivity index (χ3v) is 1.99. The summed E-state index contributed by atoms with van der Waals surface area (Å²) >= 11 is 0. The molecule has 2 N–H and O–H groups in total. The van der Waals surface area contributed by atoms with Crippen molar-refractivity contribution in [2.75, 3.05) is 11.9 Å².